The molecule has 1 aromatic carbocycles. The summed E-state index contributed by atoms with van der Waals surface area (Å²) in [7, 11) is 1.79. The number of aromatic nitrogens is 4. The summed E-state index contributed by atoms with van der Waals surface area (Å²) in [5, 5.41) is 11.3. The van der Waals surface area contributed by atoms with E-state index in [1.165, 1.54) is 0 Å². The number of halogens is 1. The first-order valence-electron chi connectivity index (χ1n) is 9.58. The van der Waals surface area contributed by atoms with Crippen molar-refractivity contribution in [2.75, 3.05) is 7.05 Å². The molecule has 148 valence electrons. The molecule has 0 aliphatic heterocycles. The van der Waals surface area contributed by atoms with Gasteiger partial charge in [-0.05, 0) is 37.5 Å². The highest BCUT2D eigenvalue weighted by Gasteiger charge is 2.39. The smallest absolute Gasteiger partial charge is 0.222 e. The molecule has 7 nitrogen and oxygen atoms in total. The number of aromatic amines is 1. The first-order valence-corrected chi connectivity index (χ1v) is 9.96. The molecular formula is C20H24ClN5O2. The Kier molecular flexibility index (Phi) is 5.37. The number of aliphatic hydroxyl groups is 1. The fourth-order valence-corrected chi connectivity index (χ4v) is 4.25. The summed E-state index contributed by atoms with van der Waals surface area (Å²) in [6.07, 6.45) is 8.15. The Balaban J connectivity index is 1.30. The van der Waals surface area contributed by atoms with E-state index in [0.717, 1.165) is 29.7 Å². The maximum absolute atomic E-state index is 12.6. The van der Waals surface area contributed by atoms with Crippen molar-refractivity contribution < 1.29 is 9.90 Å². The van der Waals surface area contributed by atoms with E-state index in [1.54, 1.807) is 24.5 Å². The van der Waals surface area contributed by atoms with Crippen LogP contribution in [0.5, 0.6) is 0 Å². The predicted molar refractivity (Wildman–Crippen MR) is 107 cm³/mol. The van der Waals surface area contributed by atoms with Crippen LogP contribution in [0.15, 0.2) is 36.9 Å². The van der Waals surface area contributed by atoms with Gasteiger partial charge in [0.2, 0.25) is 5.91 Å². The van der Waals surface area contributed by atoms with Crippen molar-refractivity contribution in [2.45, 2.75) is 50.3 Å². The Morgan fingerprint density at radius 1 is 1.43 bits per heavy atom. The van der Waals surface area contributed by atoms with Gasteiger partial charge in [-0.3, -0.25) is 4.79 Å². The first kappa shape index (κ1) is 19.0. The molecule has 0 unspecified atom stereocenters. The molecule has 0 bridgehead atoms. The van der Waals surface area contributed by atoms with E-state index >= 15 is 0 Å². The molecule has 0 saturated heterocycles. The number of fused-ring (bicyclic) bond motifs is 1. The van der Waals surface area contributed by atoms with Crippen molar-refractivity contribution in [3.63, 3.8) is 0 Å². The second kappa shape index (κ2) is 7.93. The number of aryl methyl sites for hydroxylation is 1. The number of likely N-dealkylation sites (N-methyl/N-ethyl adjacent to an activating group) is 1. The minimum atomic E-state index is -0.580. The summed E-state index contributed by atoms with van der Waals surface area (Å²) in [5.74, 6) is 0.906. The lowest BCUT2D eigenvalue weighted by Gasteiger charge is -2.29. The molecule has 4 rings (SSSR count). The molecule has 0 radical (unpaired) electrons. The maximum atomic E-state index is 12.6. The molecule has 28 heavy (non-hydrogen) atoms. The summed E-state index contributed by atoms with van der Waals surface area (Å²) >= 11 is 6.00. The number of hydrogen-bond acceptors (Lipinski definition) is 4. The molecule has 3 atom stereocenters. The molecular weight excluding hydrogens is 378 g/mol. The van der Waals surface area contributed by atoms with Gasteiger partial charge in [0, 0.05) is 37.3 Å². The Labute approximate surface area is 168 Å². The average Bonchev–Trinajstić information content (AvgIpc) is 3.40. The van der Waals surface area contributed by atoms with Crippen LogP contribution in [0, 0.1) is 0 Å². The lowest BCUT2D eigenvalue weighted by molar-refractivity contribution is -0.134. The zero-order valence-electron chi connectivity index (χ0n) is 15.8. The standard InChI is InChI=1S/C20H24ClN5O2/c1-25(16-7-8-17(20(16)28)26-10-9-22-12-26)19(27)4-2-3-18-23-14-6-5-13(21)11-15(14)24-18/h5-6,9-12,16-17,20,28H,2-4,7-8H2,1H3,(H,23,24)/t16-,17-,20-/m1/s1. The maximum Gasteiger partial charge on any atom is 0.222 e. The van der Waals surface area contributed by atoms with Crippen molar-refractivity contribution in [1.29, 1.82) is 0 Å². The van der Waals surface area contributed by atoms with Gasteiger partial charge >= 0.3 is 0 Å². The van der Waals surface area contributed by atoms with E-state index < -0.39 is 6.10 Å². The van der Waals surface area contributed by atoms with Crippen LogP contribution in [0.25, 0.3) is 11.0 Å². The third-order valence-corrected chi connectivity index (χ3v) is 5.88. The van der Waals surface area contributed by atoms with Crippen LogP contribution in [0.3, 0.4) is 0 Å². The van der Waals surface area contributed by atoms with Gasteiger partial charge in [0.05, 0.1) is 35.5 Å². The van der Waals surface area contributed by atoms with Crippen LogP contribution in [0.2, 0.25) is 5.02 Å². The van der Waals surface area contributed by atoms with Gasteiger partial charge in [0.1, 0.15) is 5.82 Å². The molecule has 1 amide bonds. The van der Waals surface area contributed by atoms with Crippen molar-refractivity contribution in [2.24, 2.45) is 0 Å². The number of nitrogens with zero attached hydrogens (tertiary/aromatic N) is 4. The number of rotatable bonds is 6. The number of imidazole rings is 2. The molecule has 2 aromatic heterocycles. The average molecular weight is 402 g/mol. The Morgan fingerprint density at radius 3 is 3.07 bits per heavy atom. The van der Waals surface area contributed by atoms with Gasteiger partial charge in [-0.15, -0.1) is 0 Å². The van der Waals surface area contributed by atoms with Crippen LogP contribution in [0.4, 0.5) is 0 Å². The summed E-state index contributed by atoms with van der Waals surface area (Å²) in [6.45, 7) is 0. The SMILES string of the molecule is CN(C(=O)CCCc1nc2ccc(Cl)cc2[nH]1)[C@@H]1CC[C@@H](n2ccnc2)[C@@H]1O. The number of aliphatic hydroxyl groups excluding tert-OH is 1. The number of nitrogens with one attached hydrogen (secondary N) is 1. The Morgan fingerprint density at radius 2 is 2.29 bits per heavy atom. The van der Waals surface area contributed by atoms with E-state index in [9.17, 15) is 9.90 Å². The Hall–Kier alpha value is -2.38. The van der Waals surface area contributed by atoms with Crippen LogP contribution in [-0.2, 0) is 11.2 Å². The third-order valence-electron chi connectivity index (χ3n) is 5.64. The largest absolute Gasteiger partial charge is 0.389 e. The molecule has 1 aliphatic rings. The molecule has 0 spiro atoms. The van der Waals surface area contributed by atoms with E-state index in [2.05, 4.69) is 15.0 Å². The van der Waals surface area contributed by atoms with Crippen molar-refractivity contribution in [3.05, 3.63) is 47.8 Å². The topological polar surface area (TPSA) is 87.0 Å². The summed E-state index contributed by atoms with van der Waals surface area (Å²) in [4.78, 5) is 26.2. The van der Waals surface area contributed by atoms with Gasteiger partial charge in [0.15, 0.2) is 0 Å². The second-order valence-electron chi connectivity index (χ2n) is 7.42. The number of H-pyrrole nitrogens is 1. The highest BCUT2D eigenvalue weighted by Crippen LogP contribution is 2.33. The highest BCUT2D eigenvalue weighted by molar-refractivity contribution is 6.31. The van der Waals surface area contributed by atoms with Gasteiger partial charge in [0.25, 0.3) is 0 Å². The predicted octanol–water partition coefficient (Wildman–Crippen LogP) is 2.96. The van der Waals surface area contributed by atoms with Gasteiger partial charge in [-0.1, -0.05) is 11.6 Å². The molecule has 8 heteroatoms. The summed E-state index contributed by atoms with van der Waals surface area (Å²) in [5.41, 5.74) is 1.79. The van der Waals surface area contributed by atoms with Crippen molar-refractivity contribution in [3.8, 4) is 0 Å². The van der Waals surface area contributed by atoms with Crippen LogP contribution in [-0.4, -0.2) is 54.6 Å². The molecule has 1 fully saturated rings. The Bertz CT molecular complexity index is 955. The zero-order chi connectivity index (χ0) is 19.7. The molecule has 2 N–H and O–H groups in total. The minimum absolute atomic E-state index is 0.0230. The molecule has 2 heterocycles. The fourth-order valence-electron chi connectivity index (χ4n) is 4.07. The number of carbonyl (C=O) groups excluding carboxylic acids is 1. The van der Waals surface area contributed by atoms with Gasteiger partial charge < -0.3 is 19.6 Å². The van der Waals surface area contributed by atoms with Crippen LogP contribution < -0.4 is 0 Å². The van der Waals surface area contributed by atoms with E-state index in [0.29, 0.717) is 24.3 Å². The van der Waals surface area contributed by atoms with Crippen molar-refractivity contribution in [1.82, 2.24) is 24.4 Å². The first-order chi connectivity index (χ1) is 13.5. The summed E-state index contributed by atoms with van der Waals surface area (Å²) < 4.78 is 1.93. The molecule has 1 aliphatic carbocycles. The summed E-state index contributed by atoms with van der Waals surface area (Å²) in [6, 6.07) is 5.37. The van der Waals surface area contributed by atoms with Gasteiger partial charge in [-0.25, -0.2) is 9.97 Å². The third kappa shape index (κ3) is 3.77. The minimum Gasteiger partial charge on any atom is -0.389 e. The monoisotopic (exact) mass is 401 g/mol. The lowest BCUT2D eigenvalue weighted by atomic mass is 10.1. The molecule has 3 aromatic rings. The number of amides is 1. The highest BCUT2D eigenvalue weighted by atomic mass is 35.5. The quantitative estimate of drug-likeness (QED) is 0.664. The zero-order valence-corrected chi connectivity index (χ0v) is 16.5. The van der Waals surface area contributed by atoms with Crippen LogP contribution in [0.1, 0.15) is 37.5 Å². The van der Waals surface area contributed by atoms with Crippen LogP contribution >= 0.6 is 11.6 Å². The second-order valence-corrected chi connectivity index (χ2v) is 7.85. The normalized spacial score (nSPS) is 22.0. The fraction of sp³-hybridized carbons (Fsp3) is 0.450. The van der Waals surface area contributed by atoms with Crippen molar-refractivity contribution >= 4 is 28.5 Å². The van der Waals surface area contributed by atoms with Gasteiger partial charge in [-0.2, -0.15) is 0 Å². The number of hydrogen-bond donors (Lipinski definition) is 2. The lowest BCUT2D eigenvalue weighted by Crippen LogP contribution is -2.43. The number of benzene rings is 1. The van der Waals surface area contributed by atoms with E-state index in [1.807, 2.05) is 29.0 Å². The number of carbonyl (C=O) groups is 1. The van der Waals surface area contributed by atoms with E-state index in [-0.39, 0.29) is 18.0 Å². The van der Waals surface area contributed by atoms with E-state index in [4.69, 9.17) is 11.6 Å². The molecule has 1 saturated carbocycles.